The monoisotopic (exact) mass is 591 g/mol. The van der Waals surface area contributed by atoms with Gasteiger partial charge in [0.2, 0.25) is 0 Å². The molecular formula is C30H36CuN6O3. The molecule has 1 aliphatic carbocycles. The SMILES string of the molecule is C1CCOC1.CCN(CC)C1=CC(=O)/C(=C\[N-]/C(C#N)=C(/C#N)N=Cc2ccc(N(CC)CC)cc2[O-])C=C1.[Cu+2]. The molecule has 0 bridgehead atoms. The summed E-state index contributed by atoms with van der Waals surface area (Å²) < 4.78 is 4.94. The Bertz CT molecular complexity index is 1220. The van der Waals surface area contributed by atoms with E-state index in [0.717, 1.165) is 50.8 Å². The number of aliphatic imine (C=N–C) groups is 1. The number of likely N-dealkylation sites (N-methyl/N-ethyl adjacent to an activating group) is 1. The number of hydrogen-bond acceptors (Lipinski definition) is 8. The van der Waals surface area contributed by atoms with Crippen LogP contribution in [0.1, 0.15) is 46.1 Å². The first kappa shape index (κ1) is 34.2. The summed E-state index contributed by atoms with van der Waals surface area (Å²) >= 11 is 0. The van der Waals surface area contributed by atoms with Crippen LogP contribution in [0.3, 0.4) is 0 Å². The van der Waals surface area contributed by atoms with Crippen molar-refractivity contribution in [2.75, 3.05) is 44.3 Å². The Hall–Kier alpha value is -3.82. The first-order valence-electron chi connectivity index (χ1n) is 13.2. The van der Waals surface area contributed by atoms with Gasteiger partial charge in [-0.1, -0.05) is 17.9 Å². The molecule has 0 amide bonds. The number of nitrogens with zero attached hydrogens (tertiary/aromatic N) is 6. The zero-order valence-electron chi connectivity index (χ0n) is 23.5. The Kier molecular flexibility index (Phi) is 15.8. The number of carbonyl (C=O) groups is 1. The Morgan fingerprint density at radius 1 is 1.05 bits per heavy atom. The first-order valence-corrected chi connectivity index (χ1v) is 13.2. The zero-order chi connectivity index (χ0) is 28.6. The van der Waals surface area contributed by atoms with Crippen molar-refractivity contribution in [3.8, 4) is 17.9 Å². The van der Waals surface area contributed by atoms with Gasteiger partial charge in [-0.2, -0.15) is 16.7 Å². The van der Waals surface area contributed by atoms with Crippen LogP contribution in [0.25, 0.3) is 5.32 Å². The molecule has 1 radical (unpaired) electrons. The number of rotatable bonds is 10. The minimum absolute atomic E-state index is 0. The van der Waals surface area contributed by atoms with Gasteiger partial charge in [-0.25, -0.2) is 4.99 Å². The molecule has 0 atom stereocenters. The third-order valence-corrected chi connectivity index (χ3v) is 6.18. The molecule has 0 aromatic heterocycles. The van der Waals surface area contributed by atoms with Crippen LogP contribution < -0.4 is 10.0 Å². The summed E-state index contributed by atoms with van der Waals surface area (Å²) in [5, 5.41) is 35.4. The maximum Gasteiger partial charge on any atom is 2.00 e. The summed E-state index contributed by atoms with van der Waals surface area (Å²) in [5.41, 5.74) is 1.70. The largest absolute Gasteiger partial charge is 2.00 e. The van der Waals surface area contributed by atoms with Crippen LogP contribution in [0, 0.1) is 22.7 Å². The molecule has 1 aromatic rings. The average molecular weight is 592 g/mol. The Morgan fingerprint density at radius 2 is 1.70 bits per heavy atom. The molecule has 0 saturated carbocycles. The molecule has 10 heteroatoms. The van der Waals surface area contributed by atoms with Crippen molar-refractivity contribution in [2.45, 2.75) is 40.5 Å². The summed E-state index contributed by atoms with van der Waals surface area (Å²) in [6.07, 6.45) is 10.0. The van der Waals surface area contributed by atoms with Gasteiger partial charge < -0.3 is 25.0 Å². The second-order valence-corrected chi connectivity index (χ2v) is 8.55. The zero-order valence-corrected chi connectivity index (χ0v) is 24.4. The van der Waals surface area contributed by atoms with E-state index in [9.17, 15) is 20.4 Å². The van der Waals surface area contributed by atoms with Crippen LogP contribution in [-0.4, -0.2) is 56.3 Å². The van der Waals surface area contributed by atoms with Gasteiger partial charge in [0, 0.05) is 68.6 Å². The third-order valence-electron chi connectivity index (χ3n) is 6.18. The van der Waals surface area contributed by atoms with Crippen molar-refractivity contribution < 1.29 is 31.7 Å². The molecule has 1 fully saturated rings. The summed E-state index contributed by atoms with van der Waals surface area (Å²) in [5.74, 6) is -0.478. The second kappa shape index (κ2) is 18.5. The molecule has 1 aromatic carbocycles. The Labute approximate surface area is 248 Å². The predicted molar refractivity (Wildman–Crippen MR) is 152 cm³/mol. The van der Waals surface area contributed by atoms with Gasteiger partial charge in [0.1, 0.15) is 11.8 Å². The van der Waals surface area contributed by atoms with Crippen LogP contribution in [-0.2, 0) is 26.6 Å². The van der Waals surface area contributed by atoms with E-state index in [0.29, 0.717) is 11.1 Å². The van der Waals surface area contributed by atoms with E-state index in [1.54, 1.807) is 12.1 Å². The van der Waals surface area contributed by atoms with E-state index in [1.807, 2.05) is 61.8 Å². The van der Waals surface area contributed by atoms with Gasteiger partial charge in [0.05, 0.1) is 6.07 Å². The van der Waals surface area contributed by atoms with Crippen LogP contribution >= 0.6 is 0 Å². The topological polar surface area (TPSA) is 130 Å². The van der Waals surface area contributed by atoms with E-state index < -0.39 is 0 Å². The molecule has 40 heavy (non-hydrogen) atoms. The van der Waals surface area contributed by atoms with E-state index >= 15 is 0 Å². The number of ketones is 1. The molecule has 1 saturated heterocycles. The van der Waals surface area contributed by atoms with Crippen molar-refractivity contribution in [3.63, 3.8) is 0 Å². The quantitative estimate of drug-likeness (QED) is 0.167. The standard InChI is InChI=1S/C26H30N6O2.C4H8O.Cu/c1-5-31(6-2)21-11-9-19(25(33)13-21)17-29-23(15-27)24(16-28)30-18-20-10-12-22(14-26(20)34)32(7-3)8-4;1-2-4-5-3-1;/h9-14,17-18H,5-8H2,1-4H3,(H2,29,30,33,34);1-4H2;/q;;+2/p-2/b24-23-;;. The van der Waals surface area contributed by atoms with E-state index in [-0.39, 0.29) is 40.0 Å². The average Bonchev–Trinajstić information content (AvgIpc) is 3.54. The maximum atomic E-state index is 12.4. The molecule has 1 aliphatic heterocycles. The normalized spacial score (nSPS) is 15.7. The molecule has 1 heterocycles. The molecule has 3 rings (SSSR count). The van der Waals surface area contributed by atoms with Crippen LogP contribution in [0.5, 0.6) is 5.75 Å². The minimum atomic E-state index is -0.252. The Balaban J connectivity index is 0.00000120. The number of anilines is 1. The molecule has 0 N–H and O–H groups in total. The van der Waals surface area contributed by atoms with Crippen LogP contribution in [0.4, 0.5) is 5.69 Å². The minimum Gasteiger partial charge on any atom is -0.872 e. The van der Waals surface area contributed by atoms with Gasteiger partial charge >= 0.3 is 17.1 Å². The van der Waals surface area contributed by atoms with Crippen LogP contribution in [0.15, 0.2) is 70.3 Å². The molecule has 9 nitrogen and oxygen atoms in total. The number of allylic oxidation sites excluding steroid dienone is 6. The fraction of sp³-hybridized carbons (Fsp3) is 0.400. The molecule has 215 valence electrons. The van der Waals surface area contributed by atoms with Gasteiger partial charge in [-0.15, -0.1) is 0 Å². The first-order chi connectivity index (χ1) is 18.9. The molecule has 2 aliphatic rings. The van der Waals surface area contributed by atoms with Crippen molar-refractivity contribution in [1.29, 1.82) is 10.5 Å². The molecule has 0 spiro atoms. The van der Waals surface area contributed by atoms with E-state index in [1.165, 1.54) is 37.4 Å². The number of ether oxygens (including phenoxy) is 1. The van der Waals surface area contributed by atoms with Gasteiger partial charge in [0.25, 0.3) is 0 Å². The van der Waals surface area contributed by atoms with Crippen molar-refractivity contribution >= 4 is 17.7 Å². The number of carbonyl (C=O) groups excluding carboxylic acids is 1. The fourth-order valence-corrected chi connectivity index (χ4v) is 3.89. The van der Waals surface area contributed by atoms with Crippen molar-refractivity contribution in [2.24, 2.45) is 4.99 Å². The molecular weight excluding hydrogens is 556 g/mol. The van der Waals surface area contributed by atoms with E-state index in [2.05, 4.69) is 10.3 Å². The Morgan fingerprint density at radius 3 is 2.17 bits per heavy atom. The van der Waals surface area contributed by atoms with Crippen LogP contribution in [0.2, 0.25) is 0 Å². The summed E-state index contributed by atoms with van der Waals surface area (Å²) in [7, 11) is 0. The third kappa shape index (κ3) is 10.1. The second-order valence-electron chi connectivity index (χ2n) is 8.55. The predicted octanol–water partition coefficient (Wildman–Crippen LogP) is 4.70. The smallest absolute Gasteiger partial charge is 0.872 e. The summed E-state index contributed by atoms with van der Waals surface area (Å²) in [6, 6.07) is 8.62. The van der Waals surface area contributed by atoms with Gasteiger partial charge in [0.15, 0.2) is 5.78 Å². The summed E-state index contributed by atoms with van der Waals surface area (Å²) in [4.78, 5) is 20.5. The summed E-state index contributed by atoms with van der Waals surface area (Å²) in [6.45, 7) is 13.1. The molecule has 0 unspecified atom stereocenters. The van der Waals surface area contributed by atoms with Gasteiger partial charge in [-0.3, -0.25) is 4.79 Å². The number of nitriles is 2. The van der Waals surface area contributed by atoms with E-state index in [4.69, 9.17) is 4.74 Å². The number of hydrogen-bond donors (Lipinski definition) is 0. The van der Waals surface area contributed by atoms with Crippen molar-refractivity contribution in [1.82, 2.24) is 4.90 Å². The van der Waals surface area contributed by atoms with Crippen molar-refractivity contribution in [3.05, 3.63) is 76.2 Å². The number of benzene rings is 1. The fourth-order valence-electron chi connectivity index (χ4n) is 3.89. The maximum absolute atomic E-state index is 12.4. The van der Waals surface area contributed by atoms with Gasteiger partial charge in [-0.05, 0) is 70.0 Å².